The van der Waals surface area contributed by atoms with Gasteiger partial charge in [-0.15, -0.1) is 0 Å². The molecule has 2 aromatic rings. The van der Waals surface area contributed by atoms with Crippen LogP contribution in [-0.2, 0) is 0 Å². The van der Waals surface area contributed by atoms with Crippen molar-refractivity contribution in [3.05, 3.63) is 53.8 Å². The monoisotopic (exact) mass is 292 g/mol. The summed E-state index contributed by atoms with van der Waals surface area (Å²) in [5.41, 5.74) is 5.92. The highest BCUT2D eigenvalue weighted by molar-refractivity contribution is 7.99. The standard InChI is InChI=1S/C14H13FN2O2S/c1-19-10-3-2-4-11(8-10)20-13-6-5-9(15)7-12(13)14(16)17-18/h2-8,18H,1H3,(H2,16,17). The van der Waals surface area contributed by atoms with E-state index in [-0.39, 0.29) is 5.84 Å². The number of halogens is 1. The molecule has 20 heavy (non-hydrogen) atoms. The van der Waals surface area contributed by atoms with E-state index in [1.807, 2.05) is 24.3 Å². The molecule has 0 aliphatic rings. The Morgan fingerprint density at radius 1 is 1.30 bits per heavy atom. The smallest absolute Gasteiger partial charge is 0.171 e. The second-order valence-electron chi connectivity index (χ2n) is 3.91. The Bertz CT molecular complexity index is 647. The lowest BCUT2D eigenvalue weighted by Crippen LogP contribution is -2.14. The fourth-order valence-electron chi connectivity index (χ4n) is 1.64. The van der Waals surface area contributed by atoms with E-state index >= 15 is 0 Å². The average molecular weight is 292 g/mol. The van der Waals surface area contributed by atoms with Crippen LogP contribution in [0.2, 0.25) is 0 Å². The molecule has 3 N–H and O–H groups in total. The number of amidine groups is 1. The molecule has 6 heteroatoms. The number of ether oxygens (including phenoxy) is 1. The van der Waals surface area contributed by atoms with Gasteiger partial charge in [0.2, 0.25) is 0 Å². The lowest BCUT2D eigenvalue weighted by atomic mass is 10.2. The number of nitrogens with zero attached hydrogens (tertiary/aromatic N) is 1. The zero-order valence-corrected chi connectivity index (χ0v) is 11.5. The van der Waals surface area contributed by atoms with E-state index in [9.17, 15) is 4.39 Å². The third kappa shape index (κ3) is 3.21. The first-order valence-electron chi connectivity index (χ1n) is 5.73. The van der Waals surface area contributed by atoms with E-state index in [0.717, 1.165) is 10.6 Å². The summed E-state index contributed by atoms with van der Waals surface area (Å²) in [4.78, 5) is 1.60. The van der Waals surface area contributed by atoms with Gasteiger partial charge >= 0.3 is 0 Å². The molecule has 0 atom stereocenters. The van der Waals surface area contributed by atoms with Crippen molar-refractivity contribution >= 4 is 17.6 Å². The Kier molecular flexibility index (Phi) is 4.47. The van der Waals surface area contributed by atoms with Crippen LogP contribution in [0.15, 0.2) is 57.4 Å². The fourth-order valence-corrected chi connectivity index (χ4v) is 2.62. The molecule has 0 bridgehead atoms. The van der Waals surface area contributed by atoms with Crippen LogP contribution in [-0.4, -0.2) is 18.2 Å². The fraction of sp³-hybridized carbons (Fsp3) is 0.0714. The Morgan fingerprint density at radius 2 is 2.10 bits per heavy atom. The molecule has 0 heterocycles. The van der Waals surface area contributed by atoms with Crippen LogP contribution in [0.3, 0.4) is 0 Å². The molecule has 0 saturated carbocycles. The van der Waals surface area contributed by atoms with E-state index in [4.69, 9.17) is 15.7 Å². The zero-order valence-electron chi connectivity index (χ0n) is 10.7. The summed E-state index contributed by atoms with van der Waals surface area (Å²) in [6.07, 6.45) is 0. The summed E-state index contributed by atoms with van der Waals surface area (Å²) in [6, 6.07) is 11.6. The highest BCUT2D eigenvalue weighted by Crippen LogP contribution is 2.32. The predicted molar refractivity (Wildman–Crippen MR) is 76.0 cm³/mol. The van der Waals surface area contributed by atoms with Gasteiger partial charge in [0, 0.05) is 15.4 Å². The molecular weight excluding hydrogens is 279 g/mol. The van der Waals surface area contributed by atoms with Crippen molar-refractivity contribution in [3.63, 3.8) is 0 Å². The molecule has 0 amide bonds. The van der Waals surface area contributed by atoms with Crippen LogP contribution < -0.4 is 10.5 Å². The Morgan fingerprint density at radius 3 is 2.80 bits per heavy atom. The van der Waals surface area contributed by atoms with Crippen LogP contribution in [0, 0.1) is 5.82 Å². The molecule has 0 radical (unpaired) electrons. The van der Waals surface area contributed by atoms with Crippen molar-refractivity contribution in [2.45, 2.75) is 9.79 Å². The molecule has 0 unspecified atom stereocenters. The lowest BCUT2D eigenvalue weighted by molar-refractivity contribution is 0.318. The molecule has 0 spiro atoms. The largest absolute Gasteiger partial charge is 0.497 e. The Hall–Kier alpha value is -2.21. The van der Waals surface area contributed by atoms with Gasteiger partial charge in [-0.3, -0.25) is 0 Å². The van der Waals surface area contributed by atoms with E-state index in [1.54, 1.807) is 13.2 Å². The maximum absolute atomic E-state index is 13.3. The molecule has 2 rings (SSSR count). The number of rotatable bonds is 4. The number of nitrogens with two attached hydrogens (primary N) is 1. The van der Waals surface area contributed by atoms with Crippen molar-refractivity contribution in [1.29, 1.82) is 0 Å². The van der Waals surface area contributed by atoms with Crippen LogP contribution in [0.25, 0.3) is 0 Å². The summed E-state index contributed by atoms with van der Waals surface area (Å²) in [6.45, 7) is 0. The van der Waals surface area contributed by atoms with Crippen molar-refractivity contribution in [2.75, 3.05) is 7.11 Å². The van der Waals surface area contributed by atoms with Gasteiger partial charge in [-0.05, 0) is 36.4 Å². The van der Waals surface area contributed by atoms with Gasteiger partial charge in [0.05, 0.1) is 7.11 Å². The molecule has 0 saturated heterocycles. The van der Waals surface area contributed by atoms with Gasteiger partial charge in [0.15, 0.2) is 5.84 Å². The van der Waals surface area contributed by atoms with Crippen LogP contribution >= 0.6 is 11.8 Å². The van der Waals surface area contributed by atoms with E-state index in [2.05, 4.69) is 5.16 Å². The Balaban J connectivity index is 2.37. The molecule has 2 aromatic carbocycles. The zero-order chi connectivity index (χ0) is 14.5. The summed E-state index contributed by atoms with van der Waals surface area (Å²) >= 11 is 1.38. The second kappa shape index (κ2) is 6.29. The first-order valence-corrected chi connectivity index (χ1v) is 6.55. The quantitative estimate of drug-likeness (QED) is 0.393. The maximum atomic E-state index is 13.3. The minimum Gasteiger partial charge on any atom is -0.497 e. The number of benzene rings is 2. The number of methoxy groups -OCH3 is 1. The lowest BCUT2D eigenvalue weighted by Gasteiger charge is -2.09. The molecule has 0 aliphatic heterocycles. The highest BCUT2D eigenvalue weighted by Gasteiger charge is 2.10. The van der Waals surface area contributed by atoms with Crippen LogP contribution in [0.1, 0.15) is 5.56 Å². The van der Waals surface area contributed by atoms with Gasteiger partial charge in [-0.25, -0.2) is 4.39 Å². The molecule has 0 fully saturated rings. The van der Waals surface area contributed by atoms with Crippen LogP contribution in [0.5, 0.6) is 5.75 Å². The molecular formula is C14H13FN2O2S. The first kappa shape index (κ1) is 14.2. The molecule has 4 nitrogen and oxygen atoms in total. The second-order valence-corrected chi connectivity index (χ2v) is 5.02. The number of hydrogen-bond donors (Lipinski definition) is 2. The molecule has 0 aromatic heterocycles. The summed E-state index contributed by atoms with van der Waals surface area (Å²) in [5, 5.41) is 11.7. The van der Waals surface area contributed by atoms with E-state index in [0.29, 0.717) is 10.5 Å². The van der Waals surface area contributed by atoms with Crippen LogP contribution in [0.4, 0.5) is 4.39 Å². The topological polar surface area (TPSA) is 67.8 Å². The normalized spacial score (nSPS) is 11.4. The maximum Gasteiger partial charge on any atom is 0.171 e. The highest BCUT2D eigenvalue weighted by atomic mass is 32.2. The van der Waals surface area contributed by atoms with Gasteiger partial charge < -0.3 is 15.7 Å². The minimum atomic E-state index is -0.443. The summed E-state index contributed by atoms with van der Waals surface area (Å²) in [5.74, 6) is 0.152. The third-order valence-electron chi connectivity index (χ3n) is 2.59. The van der Waals surface area contributed by atoms with Gasteiger partial charge in [-0.2, -0.15) is 0 Å². The van der Waals surface area contributed by atoms with Gasteiger partial charge in [0.1, 0.15) is 11.6 Å². The minimum absolute atomic E-state index is 0.130. The molecule has 0 aliphatic carbocycles. The van der Waals surface area contributed by atoms with Gasteiger partial charge in [-0.1, -0.05) is 23.0 Å². The number of oxime groups is 1. The van der Waals surface area contributed by atoms with Gasteiger partial charge in [0.25, 0.3) is 0 Å². The Labute approximate surface area is 120 Å². The van der Waals surface area contributed by atoms with Crippen molar-refractivity contribution in [2.24, 2.45) is 10.9 Å². The summed E-state index contributed by atoms with van der Waals surface area (Å²) < 4.78 is 18.4. The van der Waals surface area contributed by atoms with E-state index < -0.39 is 5.82 Å². The predicted octanol–water partition coefficient (Wildman–Crippen LogP) is 3.08. The summed E-state index contributed by atoms with van der Waals surface area (Å²) in [7, 11) is 1.59. The molecule has 104 valence electrons. The first-order chi connectivity index (χ1) is 9.63. The van der Waals surface area contributed by atoms with Crippen molar-refractivity contribution < 1.29 is 14.3 Å². The number of hydrogen-bond acceptors (Lipinski definition) is 4. The van der Waals surface area contributed by atoms with E-state index in [1.165, 1.54) is 23.9 Å². The average Bonchev–Trinajstić information content (AvgIpc) is 2.48. The SMILES string of the molecule is COc1cccc(Sc2ccc(F)cc2C(N)=NO)c1. The van der Waals surface area contributed by atoms with Crippen molar-refractivity contribution in [1.82, 2.24) is 0 Å². The van der Waals surface area contributed by atoms with Crippen molar-refractivity contribution in [3.8, 4) is 5.75 Å². The third-order valence-corrected chi connectivity index (χ3v) is 3.66.